The standard InChI is InChI=1S/C15H24N4O2S2/c1-16-14(19-10-7-15(12-19)5-3-6-15)17-8-9-18-23(20,21)13-4-2-11-22-13/h2,4,11,18H,3,5-10,12H2,1H3,(H,16,17). The number of guanidine groups is 1. The molecule has 0 atom stereocenters. The summed E-state index contributed by atoms with van der Waals surface area (Å²) in [5.74, 6) is 0.879. The van der Waals surface area contributed by atoms with Gasteiger partial charge in [-0.25, -0.2) is 13.1 Å². The molecule has 23 heavy (non-hydrogen) atoms. The normalized spacial score (nSPS) is 20.7. The molecule has 1 aliphatic heterocycles. The van der Waals surface area contributed by atoms with Crippen LogP contribution in [-0.4, -0.2) is 52.5 Å². The lowest BCUT2D eigenvalue weighted by atomic mass is 9.68. The number of thiophene rings is 1. The molecule has 128 valence electrons. The molecule has 8 heteroatoms. The molecule has 3 rings (SSSR count). The van der Waals surface area contributed by atoms with Crippen molar-refractivity contribution in [1.29, 1.82) is 0 Å². The van der Waals surface area contributed by atoms with Crippen molar-refractivity contribution < 1.29 is 8.42 Å². The molecule has 2 heterocycles. The molecule has 0 amide bonds. The summed E-state index contributed by atoms with van der Waals surface area (Å²) in [6, 6.07) is 3.35. The van der Waals surface area contributed by atoms with E-state index in [0.29, 0.717) is 22.7 Å². The van der Waals surface area contributed by atoms with Crippen LogP contribution >= 0.6 is 11.3 Å². The lowest BCUT2D eigenvalue weighted by Gasteiger charge is -2.38. The fourth-order valence-corrected chi connectivity index (χ4v) is 5.45. The Hall–Kier alpha value is -1.12. The maximum atomic E-state index is 12.0. The summed E-state index contributed by atoms with van der Waals surface area (Å²) in [7, 11) is -1.60. The van der Waals surface area contributed by atoms with Gasteiger partial charge in [0.25, 0.3) is 0 Å². The van der Waals surface area contributed by atoms with Crippen LogP contribution in [0.5, 0.6) is 0 Å². The fourth-order valence-electron chi connectivity index (χ4n) is 3.38. The smallest absolute Gasteiger partial charge is 0.250 e. The third-order valence-corrected chi connectivity index (χ3v) is 7.68. The van der Waals surface area contributed by atoms with Gasteiger partial charge in [-0.1, -0.05) is 12.5 Å². The molecule has 0 aromatic carbocycles. The first-order chi connectivity index (χ1) is 11.0. The van der Waals surface area contributed by atoms with E-state index < -0.39 is 10.0 Å². The summed E-state index contributed by atoms with van der Waals surface area (Å²) in [6.07, 6.45) is 5.27. The highest BCUT2D eigenvalue weighted by Gasteiger charge is 2.43. The van der Waals surface area contributed by atoms with Crippen LogP contribution < -0.4 is 10.0 Å². The van der Waals surface area contributed by atoms with E-state index in [1.807, 2.05) is 0 Å². The van der Waals surface area contributed by atoms with Gasteiger partial charge in [0.15, 0.2) is 5.96 Å². The first-order valence-corrected chi connectivity index (χ1v) is 10.4. The number of nitrogens with one attached hydrogen (secondary N) is 2. The molecule has 1 aromatic heterocycles. The van der Waals surface area contributed by atoms with Crippen LogP contribution in [0.2, 0.25) is 0 Å². The van der Waals surface area contributed by atoms with Crippen molar-refractivity contribution in [3.05, 3.63) is 17.5 Å². The minimum Gasteiger partial charge on any atom is -0.355 e. The van der Waals surface area contributed by atoms with E-state index in [-0.39, 0.29) is 0 Å². The van der Waals surface area contributed by atoms with Crippen LogP contribution in [0, 0.1) is 5.41 Å². The fraction of sp³-hybridized carbons (Fsp3) is 0.667. The SMILES string of the molecule is CN=C(NCCNS(=O)(=O)c1cccs1)N1CCC2(CCC2)C1. The monoisotopic (exact) mass is 356 g/mol. The molecule has 2 N–H and O–H groups in total. The second-order valence-electron chi connectivity index (χ2n) is 6.33. The van der Waals surface area contributed by atoms with Gasteiger partial charge in [0.05, 0.1) is 0 Å². The molecular formula is C15H24N4O2S2. The quantitative estimate of drug-likeness (QED) is 0.476. The molecule has 1 saturated carbocycles. The Kier molecular flexibility index (Phi) is 4.93. The Labute approximate surface area is 142 Å². The third kappa shape index (κ3) is 3.70. The number of rotatable bonds is 5. The van der Waals surface area contributed by atoms with E-state index in [9.17, 15) is 8.42 Å². The van der Waals surface area contributed by atoms with Gasteiger partial charge >= 0.3 is 0 Å². The molecule has 0 radical (unpaired) electrons. The zero-order valence-corrected chi connectivity index (χ0v) is 15.0. The highest BCUT2D eigenvalue weighted by molar-refractivity contribution is 7.91. The van der Waals surface area contributed by atoms with Crippen molar-refractivity contribution >= 4 is 27.3 Å². The van der Waals surface area contributed by atoms with Gasteiger partial charge in [0, 0.05) is 33.2 Å². The van der Waals surface area contributed by atoms with E-state index in [0.717, 1.165) is 19.0 Å². The molecule has 0 unspecified atom stereocenters. The van der Waals surface area contributed by atoms with Crippen molar-refractivity contribution in [2.24, 2.45) is 10.4 Å². The predicted molar refractivity (Wildman–Crippen MR) is 93.3 cm³/mol. The molecule has 1 saturated heterocycles. The largest absolute Gasteiger partial charge is 0.355 e. The highest BCUT2D eigenvalue weighted by atomic mass is 32.2. The van der Waals surface area contributed by atoms with Crippen molar-refractivity contribution in [3.8, 4) is 0 Å². The van der Waals surface area contributed by atoms with Crippen LogP contribution in [0.25, 0.3) is 0 Å². The summed E-state index contributed by atoms with van der Waals surface area (Å²) >= 11 is 1.22. The van der Waals surface area contributed by atoms with E-state index in [4.69, 9.17) is 0 Å². The maximum absolute atomic E-state index is 12.0. The Bertz CT molecular complexity index is 651. The number of hydrogen-bond donors (Lipinski definition) is 2. The molecular weight excluding hydrogens is 332 g/mol. The van der Waals surface area contributed by atoms with Crippen LogP contribution in [0.4, 0.5) is 0 Å². The van der Waals surface area contributed by atoms with E-state index in [1.54, 1.807) is 24.6 Å². The Morgan fingerprint density at radius 1 is 1.39 bits per heavy atom. The van der Waals surface area contributed by atoms with Crippen molar-refractivity contribution in [2.45, 2.75) is 29.9 Å². The van der Waals surface area contributed by atoms with Crippen LogP contribution in [0.15, 0.2) is 26.7 Å². The van der Waals surface area contributed by atoms with E-state index >= 15 is 0 Å². The van der Waals surface area contributed by atoms with Crippen LogP contribution in [0.3, 0.4) is 0 Å². The minimum atomic E-state index is -3.38. The first-order valence-electron chi connectivity index (χ1n) is 8.03. The van der Waals surface area contributed by atoms with Gasteiger partial charge in [-0.15, -0.1) is 11.3 Å². The number of hydrogen-bond acceptors (Lipinski definition) is 4. The highest BCUT2D eigenvalue weighted by Crippen LogP contribution is 2.47. The zero-order valence-electron chi connectivity index (χ0n) is 13.4. The molecule has 0 bridgehead atoms. The predicted octanol–water partition coefficient (Wildman–Crippen LogP) is 1.48. The third-order valence-electron chi connectivity index (χ3n) is 4.82. The summed E-state index contributed by atoms with van der Waals surface area (Å²) in [5, 5.41) is 5.03. The van der Waals surface area contributed by atoms with Crippen LogP contribution in [-0.2, 0) is 10.0 Å². The van der Waals surface area contributed by atoms with Gasteiger partial charge in [-0.05, 0) is 36.1 Å². The van der Waals surface area contributed by atoms with Crippen LogP contribution in [0.1, 0.15) is 25.7 Å². The van der Waals surface area contributed by atoms with Gasteiger partial charge in [-0.3, -0.25) is 4.99 Å². The van der Waals surface area contributed by atoms with Crippen molar-refractivity contribution in [3.63, 3.8) is 0 Å². The second kappa shape index (κ2) is 6.78. The summed E-state index contributed by atoms with van der Waals surface area (Å²) < 4.78 is 27.0. The Morgan fingerprint density at radius 2 is 2.22 bits per heavy atom. The first kappa shape index (κ1) is 16.7. The minimum absolute atomic E-state index is 0.345. The molecule has 1 aliphatic carbocycles. The van der Waals surface area contributed by atoms with Gasteiger partial charge in [0.1, 0.15) is 4.21 Å². The van der Waals surface area contributed by atoms with Crippen molar-refractivity contribution in [2.75, 3.05) is 33.2 Å². The topological polar surface area (TPSA) is 73.8 Å². The van der Waals surface area contributed by atoms with Gasteiger partial charge < -0.3 is 10.2 Å². The second-order valence-corrected chi connectivity index (χ2v) is 9.27. The number of nitrogens with zero attached hydrogens (tertiary/aromatic N) is 2. The average Bonchev–Trinajstić information content (AvgIpc) is 3.16. The van der Waals surface area contributed by atoms with E-state index in [1.165, 1.54) is 37.0 Å². The summed E-state index contributed by atoms with van der Waals surface area (Å²) in [4.78, 5) is 6.63. The molecule has 1 spiro atoms. The zero-order chi connectivity index (χ0) is 16.3. The van der Waals surface area contributed by atoms with Gasteiger partial charge in [0.2, 0.25) is 10.0 Å². The van der Waals surface area contributed by atoms with Crippen molar-refractivity contribution in [1.82, 2.24) is 14.9 Å². The van der Waals surface area contributed by atoms with E-state index in [2.05, 4.69) is 19.9 Å². The molecule has 2 aliphatic rings. The number of aliphatic imine (C=N–C) groups is 1. The Balaban J connectivity index is 1.44. The molecule has 6 nitrogen and oxygen atoms in total. The Morgan fingerprint density at radius 3 is 2.78 bits per heavy atom. The lowest BCUT2D eigenvalue weighted by molar-refractivity contribution is 0.151. The average molecular weight is 357 g/mol. The maximum Gasteiger partial charge on any atom is 0.250 e. The molecule has 1 aromatic rings. The number of sulfonamides is 1. The summed E-state index contributed by atoms with van der Waals surface area (Å²) in [5.41, 5.74) is 0.526. The molecule has 2 fully saturated rings. The lowest BCUT2D eigenvalue weighted by Crippen LogP contribution is -2.44. The summed E-state index contributed by atoms with van der Waals surface area (Å²) in [6.45, 7) is 2.99. The van der Waals surface area contributed by atoms with Gasteiger partial charge in [-0.2, -0.15) is 0 Å². The number of likely N-dealkylation sites (tertiary alicyclic amines) is 1.